The van der Waals surface area contributed by atoms with Crippen LogP contribution in [0.25, 0.3) is 45.4 Å². The number of aromatic nitrogens is 4. The molecule has 0 saturated heterocycles. The summed E-state index contributed by atoms with van der Waals surface area (Å²) in [4.78, 5) is 16.4. The molecule has 2 aliphatic heterocycles. The zero-order chi connectivity index (χ0) is 21.5. The van der Waals surface area contributed by atoms with E-state index in [0.29, 0.717) is 11.3 Å². The molecule has 0 fully saturated rings. The monoisotopic (exact) mass is 606 g/mol. The van der Waals surface area contributed by atoms with E-state index in [9.17, 15) is 5.26 Å². The summed E-state index contributed by atoms with van der Waals surface area (Å²) in [5.41, 5.74) is 9.19. The molecule has 2 N–H and O–H groups in total. The van der Waals surface area contributed by atoms with E-state index in [0.717, 1.165) is 50.3 Å². The Morgan fingerprint density at radius 1 is 0.636 bits per heavy atom. The molecule has 0 amide bonds. The third-order valence-electron chi connectivity index (χ3n) is 5.51. The summed E-state index contributed by atoms with van der Waals surface area (Å²) in [6, 6.07) is 28.3. The number of nitrogens with one attached hydrogen (secondary N) is 2. The first kappa shape index (κ1) is 20.9. The van der Waals surface area contributed by atoms with Crippen molar-refractivity contribution < 1.29 is 21.1 Å². The second-order valence-electron chi connectivity index (χ2n) is 7.72. The minimum atomic E-state index is 0. The smallest absolute Gasteiger partial charge is 0.102 e. The van der Waals surface area contributed by atoms with E-state index >= 15 is 0 Å². The summed E-state index contributed by atoms with van der Waals surface area (Å²) in [7, 11) is 0. The maximum atomic E-state index is 10.0. The molecule has 8 bridgehead atoms. The zero-order valence-electron chi connectivity index (χ0n) is 17.3. The van der Waals surface area contributed by atoms with Gasteiger partial charge in [-0.2, -0.15) is 5.26 Å². The average molecular weight is 607 g/mol. The zero-order valence-corrected chi connectivity index (χ0v) is 19.6. The summed E-state index contributed by atoms with van der Waals surface area (Å²) in [6.45, 7) is 0. The van der Waals surface area contributed by atoms with Gasteiger partial charge in [-0.15, -0.1) is 0 Å². The van der Waals surface area contributed by atoms with E-state index < -0.39 is 0 Å². The Kier molecular flexibility index (Phi) is 5.38. The molecular formula is C27H17N5Pt. The van der Waals surface area contributed by atoms with Gasteiger partial charge in [0.15, 0.2) is 0 Å². The van der Waals surface area contributed by atoms with Crippen molar-refractivity contribution in [3.05, 3.63) is 107 Å². The minimum Gasteiger partial charge on any atom is -0.355 e. The van der Waals surface area contributed by atoms with Crippen LogP contribution in [-0.4, -0.2) is 19.9 Å². The van der Waals surface area contributed by atoms with Crippen molar-refractivity contribution in [1.29, 1.82) is 5.26 Å². The quantitative estimate of drug-likeness (QED) is 0.247. The van der Waals surface area contributed by atoms with Gasteiger partial charge < -0.3 is 9.97 Å². The number of hydrogen-bond donors (Lipinski definition) is 2. The van der Waals surface area contributed by atoms with E-state index in [1.165, 1.54) is 0 Å². The molecule has 0 radical (unpaired) electrons. The Labute approximate surface area is 204 Å². The van der Waals surface area contributed by atoms with E-state index in [1.807, 2.05) is 91.0 Å². The van der Waals surface area contributed by atoms with E-state index in [4.69, 9.17) is 9.97 Å². The molecule has 0 spiro atoms. The van der Waals surface area contributed by atoms with E-state index in [1.54, 1.807) is 0 Å². The maximum Gasteiger partial charge on any atom is 0.102 e. The van der Waals surface area contributed by atoms with Crippen molar-refractivity contribution in [2.24, 2.45) is 0 Å². The van der Waals surface area contributed by atoms with Crippen LogP contribution in [0.2, 0.25) is 0 Å². The molecule has 6 rings (SSSR count). The molecule has 5 heterocycles. The third-order valence-corrected chi connectivity index (χ3v) is 5.51. The molecule has 160 valence electrons. The van der Waals surface area contributed by atoms with Crippen LogP contribution in [0, 0.1) is 11.3 Å². The first-order valence-electron chi connectivity index (χ1n) is 10.3. The molecule has 1 aromatic carbocycles. The summed E-state index contributed by atoms with van der Waals surface area (Å²) in [6.07, 6.45) is 3.95. The van der Waals surface area contributed by atoms with Gasteiger partial charge in [-0.3, -0.25) is 0 Å². The number of nitriles is 1. The largest absolute Gasteiger partial charge is 0.355 e. The van der Waals surface area contributed by atoms with Crippen LogP contribution in [-0.2, 0) is 21.1 Å². The van der Waals surface area contributed by atoms with Crippen molar-refractivity contribution in [3.63, 3.8) is 0 Å². The van der Waals surface area contributed by atoms with Gasteiger partial charge in [0.1, 0.15) is 6.07 Å². The number of benzene rings is 1. The Balaban J connectivity index is 0.00000228. The van der Waals surface area contributed by atoms with Crippen LogP contribution in [0.5, 0.6) is 0 Å². The fourth-order valence-electron chi connectivity index (χ4n) is 4.08. The third kappa shape index (κ3) is 3.98. The van der Waals surface area contributed by atoms with Crippen LogP contribution in [0.3, 0.4) is 0 Å². The summed E-state index contributed by atoms with van der Waals surface area (Å²) in [5, 5.41) is 10.0. The fraction of sp³-hybridized carbons (Fsp3) is 0. The molecule has 2 aliphatic rings. The number of hydrogen-bond acceptors (Lipinski definition) is 3. The van der Waals surface area contributed by atoms with Gasteiger partial charge in [0.05, 0.1) is 28.3 Å². The molecule has 0 aliphatic carbocycles. The van der Waals surface area contributed by atoms with Crippen molar-refractivity contribution >= 4 is 45.4 Å². The van der Waals surface area contributed by atoms with Crippen molar-refractivity contribution in [1.82, 2.24) is 19.9 Å². The normalized spacial score (nSPS) is 12.3. The molecule has 3 aromatic heterocycles. The number of fused-ring (bicyclic) bond motifs is 8. The fourth-order valence-corrected chi connectivity index (χ4v) is 4.08. The summed E-state index contributed by atoms with van der Waals surface area (Å²) >= 11 is 0. The first-order chi connectivity index (χ1) is 15.7. The van der Waals surface area contributed by atoms with Gasteiger partial charge in [-0.25, -0.2) is 9.97 Å². The molecule has 6 heteroatoms. The Bertz CT molecular complexity index is 1630. The summed E-state index contributed by atoms with van der Waals surface area (Å²) < 4.78 is 0. The SMILES string of the molecule is N#CC1=C(c2ccccc2)c2cc3nc(cc4ccc(cc5ccc(cc1n2)[nH]5)[nH]4)C=C3.[Pt]. The Morgan fingerprint density at radius 3 is 1.91 bits per heavy atom. The van der Waals surface area contributed by atoms with Crippen LogP contribution in [0.1, 0.15) is 28.3 Å². The first-order valence-corrected chi connectivity index (χ1v) is 10.3. The van der Waals surface area contributed by atoms with Gasteiger partial charge in [-0.05, 0) is 66.2 Å². The summed E-state index contributed by atoms with van der Waals surface area (Å²) in [5.74, 6) is 0. The molecular weight excluding hydrogens is 589 g/mol. The standard InChI is InChI=1S/C27H17N5.Pt/c28-16-24-25-14-22-10-8-20(30-22)12-18-6-7-19(29-18)13-21-9-11-23(31-21)15-26(32-25)27(24)17-4-2-1-3-5-17;/h1-15,29-30H;. The number of aromatic amines is 2. The molecule has 0 atom stereocenters. The molecule has 33 heavy (non-hydrogen) atoms. The average Bonchev–Trinajstić information content (AvgIpc) is 3.58. The van der Waals surface area contributed by atoms with Crippen molar-refractivity contribution in [3.8, 4) is 6.07 Å². The molecule has 0 unspecified atom stereocenters. The van der Waals surface area contributed by atoms with Crippen LogP contribution in [0.15, 0.2) is 78.9 Å². The van der Waals surface area contributed by atoms with E-state index in [-0.39, 0.29) is 21.1 Å². The van der Waals surface area contributed by atoms with Gasteiger partial charge >= 0.3 is 0 Å². The Hall–Kier alpha value is -4.00. The topological polar surface area (TPSA) is 81.2 Å². The van der Waals surface area contributed by atoms with Gasteiger partial charge in [0, 0.05) is 48.7 Å². The van der Waals surface area contributed by atoms with Crippen molar-refractivity contribution in [2.45, 2.75) is 0 Å². The number of allylic oxidation sites excluding steroid dienone is 1. The van der Waals surface area contributed by atoms with Crippen LogP contribution in [0.4, 0.5) is 0 Å². The van der Waals surface area contributed by atoms with Gasteiger partial charge in [0.2, 0.25) is 0 Å². The molecule has 0 saturated carbocycles. The number of rotatable bonds is 1. The minimum absolute atomic E-state index is 0. The predicted molar refractivity (Wildman–Crippen MR) is 128 cm³/mol. The second-order valence-corrected chi connectivity index (χ2v) is 7.72. The second kappa shape index (κ2) is 8.50. The van der Waals surface area contributed by atoms with Crippen LogP contribution >= 0.6 is 0 Å². The van der Waals surface area contributed by atoms with E-state index in [2.05, 4.69) is 16.0 Å². The number of nitrogens with zero attached hydrogens (tertiary/aromatic N) is 3. The maximum absolute atomic E-state index is 10.0. The molecule has 5 nitrogen and oxygen atoms in total. The molecule has 4 aromatic rings. The predicted octanol–water partition coefficient (Wildman–Crippen LogP) is 5.97. The van der Waals surface area contributed by atoms with Crippen molar-refractivity contribution in [2.75, 3.05) is 0 Å². The van der Waals surface area contributed by atoms with Gasteiger partial charge in [-0.1, -0.05) is 30.3 Å². The van der Waals surface area contributed by atoms with Crippen LogP contribution < -0.4 is 0 Å². The Morgan fingerprint density at radius 2 is 1.24 bits per heavy atom. The number of H-pyrrole nitrogens is 2. The van der Waals surface area contributed by atoms with Gasteiger partial charge in [0.25, 0.3) is 0 Å².